The van der Waals surface area contributed by atoms with Crippen molar-refractivity contribution in [3.8, 4) is 11.6 Å². The van der Waals surface area contributed by atoms with Crippen LogP contribution in [0.5, 0.6) is 5.88 Å². The van der Waals surface area contributed by atoms with Gasteiger partial charge in [0.25, 0.3) is 0 Å². The molecule has 7 nitrogen and oxygen atoms in total. The molecular formula is C20H15ClFN3O4. The maximum absolute atomic E-state index is 14.6. The summed E-state index contributed by atoms with van der Waals surface area (Å²) in [6.07, 6.45) is 2.71. The Morgan fingerprint density at radius 2 is 2.10 bits per heavy atom. The van der Waals surface area contributed by atoms with Crippen molar-refractivity contribution in [3.63, 3.8) is 0 Å². The molecule has 1 aliphatic rings. The van der Waals surface area contributed by atoms with Crippen LogP contribution in [-0.2, 0) is 6.42 Å². The minimum atomic E-state index is -1.24. The third-order valence-corrected chi connectivity index (χ3v) is 5.01. The van der Waals surface area contributed by atoms with Gasteiger partial charge in [0.1, 0.15) is 22.4 Å². The molecule has 9 heteroatoms. The van der Waals surface area contributed by atoms with Crippen LogP contribution in [0.2, 0.25) is 5.15 Å². The molecule has 3 heterocycles. The lowest BCUT2D eigenvalue weighted by Gasteiger charge is -2.16. The van der Waals surface area contributed by atoms with E-state index in [4.69, 9.17) is 21.4 Å². The zero-order valence-electron chi connectivity index (χ0n) is 15.3. The lowest BCUT2D eigenvalue weighted by atomic mass is 10.00. The van der Waals surface area contributed by atoms with Crippen molar-refractivity contribution in [1.29, 1.82) is 0 Å². The van der Waals surface area contributed by atoms with Crippen molar-refractivity contribution in [1.82, 2.24) is 14.8 Å². The van der Waals surface area contributed by atoms with Crippen molar-refractivity contribution >= 4 is 23.4 Å². The summed E-state index contributed by atoms with van der Waals surface area (Å²) in [5.74, 6) is -2.20. The average molecular weight is 416 g/mol. The Bertz CT molecular complexity index is 1140. The Labute approximate surface area is 169 Å². The zero-order chi connectivity index (χ0) is 20.7. The minimum absolute atomic E-state index is 0.0128. The molecule has 1 aromatic carbocycles. The number of fused-ring (bicyclic) bond motifs is 1. The Hall–Kier alpha value is -3.26. The number of pyridine rings is 1. The summed E-state index contributed by atoms with van der Waals surface area (Å²) in [4.78, 5) is 28.2. The van der Waals surface area contributed by atoms with Gasteiger partial charge < -0.3 is 9.84 Å². The van der Waals surface area contributed by atoms with E-state index in [1.54, 1.807) is 13.0 Å². The number of aryl methyl sites for hydroxylation is 1. The third kappa shape index (κ3) is 3.25. The van der Waals surface area contributed by atoms with Crippen molar-refractivity contribution in [3.05, 3.63) is 69.4 Å². The Balaban J connectivity index is 1.88. The van der Waals surface area contributed by atoms with E-state index in [1.165, 1.54) is 23.0 Å². The molecule has 4 rings (SSSR count). The number of aromatic carboxylic acids is 1. The van der Waals surface area contributed by atoms with Crippen LogP contribution >= 0.6 is 11.6 Å². The predicted molar refractivity (Wildman–Crippen MR) is 102 cm³/mol. The summed E-state index contributed by atoms with van der Waals surface area (Å²) in [5.41, 5.74) is 1.34. The van der Waals surface area contributed by atoms with E-state index >= 15 is 0 Å². The number of aromatic nitrogens is 3. The number of halogens is 2. The number of rotatable bonds is 4. The van der Waals surface area contributed by atoms with Crippen molar-refractivity contribution in [2.45, 2.75) is 19.8 Å². The standard InChI is InChI=1S/C20H15ClFN3O4/c1-10-6-7-23-18(21)15(10)17(26)16-12-3-2-8-29-19(12)25(24-16)14-5-4-11(20(27)28)9-13(14)22/h4-7,9H,2-3,8H2,1H3,(H,27,28). The molecule has 0 aliphatic carbocycles. The average Bonchev–Trinajstić information content (AvgIpc) is 3.07. The van der Waals surface area contributed by atoms with Crippen molar-refractivity contribution in [2.24, 2.45) is 0 Å². The first-order valence-electron chi connectivity index (χ1n) is 8.82. The zero-order valence-corrected chi connectivity index (χ0v) is 16.0. The molecule has 0 atom stereocenters. The van der Waals surface area contributed by atoms with Gasteiger partial charge in [-0.2, -0.15) is 9.78 Å². The molecule has 1 aliphatic heterocycles. The molecule has 0 saturated carbocycles. The number of carbonyl (C=O) groups is 2. The fourth-order valence-electron chi connectivity index (χ4n) is 3.30. The van der Waals surface area contributed by atoms with Gasteiger partial charge in [0.05, 0.1) is 17.7 Å². The highest BCUT2D eigenvalue weighted by atomic mass is 35.5. The summed E-state index contributed by atoms with van der Waals surface area (Å²) in [6, 6.07) is 5.13. The van der Waals surface area contributed by atoms with E-state index in [0.29, 0.717) is 30.6 Å². The SMILES string of the molecule is Cc1ccnc(Cl)c1C(=O)c1nn(-c2ccc(C(=O)O)cc2F)c2c1CCCO2. The van der Waals surface area contributed by atoms with E-state index in [0.717, 1.165) is 6.07 Å². The van der Waals surface area contributed by atoms with Crippen LogP contribution in [0, 0.1) is 12.7 Å². The Morgan fingerprint density at radius 3 is 2.79 bits per heavy atom. The monoisotopic (exact) mass is 415 g/mol. The largest absolute Gasteiger partial charge is 0.478 e. The molecule has 0 radical (unpaired) electrons. The number of hydrogen-bond donors (Lipinski definition) is 1. The van der Waals surface area contributed by atoms with Gasteiger partial charge >= 0.3 is 5.97 Å². The molecular weight excluding hydrogens is 401 g/mol. The van der Waals surface area contributed by atoms with Gasteiger partial charge in [0.2, 0.25) is 11.7 Å². The molecule has 29 heavy (non-hydrogen) atoms. The lowest BCUT2D eigenvalue weighted by Crippen LogP contribution is -2.13. The molecule has 148 valence electrons. The van der Waals surface area contributed by atoms with E-state index in [-0.39, 0.29) is 33.5 Å². The van der Waals surface area contributed by atoms with Crippen molar-refractivity contribution < 1.29 is 23.8 Å². The Morgan fingerprint density at radius 1 is 1.31 bits per heavy atom. The highest BCUT2D eigenvalue weighted by molar-refractivity contribution is 6.34. The third-order valence-electron chi connectivity index (χ3n) is 4.72. The number of hydrogen-bond acceptors (Lipinski definition) is 5. The van der Waals surface area contributed by atoms with Gasteiger partial charge in [-0.05, 0) is 49.6 Å². The predicted octanol–water partition coefficient (Wildman–Crippen LogP) is 3.62. The van der Waals surface area contributed by atoms with Crippen molar-refractivity contribution in [2.75, 3.05) is 6.61 Å². The van der Waals surface area contributed by atoms with E-state index < -0.39 is 17.6 Å². The van der Waals surface area contributed by atoms with Gasteiger partial charge in [-0.15, -0.1) is 0 Å². The molecule has 0 spiro atoms. The number of carboxylic acids is 1. The van der Waals surface area contributed by atoms with Gasteiger partial charge in [-0.3, -0.25) is 4.79 Å². The second-order valence-electron chi connectivity index (χ2n) is 6.59. The summed E-state index contributed by atoms with van der Waals surface area (Å²) < 4.78 is 21.5. The Kier molecular flexibility index (Phi) is 4.79. The van der Waals surface area contributed by atoms with E-state index in [9.17, 15) is 14.0 Å². The lowest BCUT2D eigenvalue weighted by molar-refractivity contribution is 0.0696. The van der Waals surface area contributed by atoms with Crippen LogP contribution < -0.4 is 4.74 Å². The maximum atomic E-state index is 14.6. The first-order valence-corrected chi connectivity index (χ1v) is 9.20. The minimum Gasteiger partial charge on any atom is -0.478 e. The molecule has 2 aromatic heterocycles. The second-order valence-corrected chi connectivity index (χ2v) is 6.95. The van der Waals surface area contributed by atoms with Crippen LogP contribution in [0.15, 0.2) is 30.5 Å². The molecule has 0 unspecified atom stereocenters. The number of benzene rings is 1. The van der Waals surface area contributed by atoms with Crippen LogP contribution in [-0.4, -0.2) is 38.2 Å². The highest BCUT2D eigenvalue weighted by Gasteiger charge is 2.30. The number of carbonyl (C=O) groups excluding carboxylic acids is 1. The van der Waals surface area contributed by atoms with Crippen LogP contribution in [0.3, 0.4) is 0 Å². The quantitative estimate of drug-likeness (QED) is 0.516. The first-order chi connectivity index (χ1) is 13.9. The molecule has 0 amide bonds. The highest BCUT2D eigenvalue weighted by Crippen LogP contribution is 2.34. The van der Waals surface area contributed by atoms with Gasteiger partial charge in [0.15, 0.2) is 0 Å². The van der Waals surface area contributed by atoms with E-state index in [2.05, 4.69) is 10.1 Å². The first kappa shape index (κ1) is 19.1. The summed E-state index contributed by atoms with van der Waals surface area (Å²) in [5, 5.41) is 13.4. The molecule has 3 aromatic rings. The van der Waals surface area contributed by atoms with Crippen LogP contribution in [0.4, 0.5) is 4.39 Å². The summed E-state index contributed by atoms with van der Waals surface area (Å²) >= 11 is 6.14. The fourth-order valence-corrected chi connectivity index (χ4v) is 3.59. The second kappa shape index (κ2) is 7.29. The number of ketones is 1. The van der Waals surface area contributed by atoms with Gasteiger partial charge in [0, 0.05) is 11.8 Å². The number of nitrogens with zero attached hydrogens (tertiary/aromatic N) is 3. The number of ether oxygens (including phenoxy) is 1. The molecule has 0 bridgehead atoms. The van der Waals surface area contributed by atoms with Crippen LogP contribution in [0.1, 0.15) is 44.0 Å². The molecule has 1 N–H and O–H groups in total. The summed E-state index contributed by atoms with van der Waals surface area (Å²) in [6.45, 7) is 2.14. The van der Waals surface area contributed by atoms with E-state index in [1.807, 2.05) is 0 Å². The smallest absolute Gasteiger partial charge is 0.335 e. The maximum Gasteiger partial charge on any atom is 0.335 e. The normalized spacial score (nSPS) is 12.9. The fraction of sp³-hybridized carbons (Fsp3) is 0.200. The van der Waals surface area contributed by atoms with Gasteiger partial charge in [-0.1, -0.05) is 11.6 Å². The van der Waals surface area contributed by atoms with Gasteiger partial charge in [-0.25, -0.2) is 14.2 Å². The topological polar surface area (TPSA) is 94.3 Å². The molecule has 0 fully saturated rings. The molecule has 0 saturated heterocycles. The number of carboxylic acid groups (broad SMARTS) is 1. The summed E-state index contributed by atoms with van der Waals surface area (Å²) in [7, 11) is 0. The van der Waals surface area contributed by atoms with Crippen LogP contribution in [0.25, 0.3) is 5.69 Å².